The minimum absolute atomic E-state index is 0.0976. The molecule has 0 bridgehead atoms. The van der Waals surface area contributed by atoms with Crippen LogP contribution in [0.4, 0.5) is 0 Å². The first-order valence-electron chi connectivity index (χ1n) is 11.2. The number of furan rings is 1. The van der Waals surface area contributed by atoms with Crippen LogP contribution in [0.5, 0.6) is 5.75 Å². The molecule has 0 saturated carbocycles. The van der Waals surface area contributed by atoms with Crippen LogP contribution in [0.3, 0.4) is 0 Å². The molecule has 2 aromatic carbocycles. The van der Waals surface area contributed by atoms with Gasteiger partial charge in [-0.3, -0.25) is 9.69 Å². The number of amides is 1. The molecule has 1 amide bonds. The number of carbonyl (C=O) groups is 1. The van der Waals surface area contributed by atoms with Gasteiger partial charge in [0.1, 0.15) is 18.1 Å². The maximum atomic E-state index is 12.9. The Bertz CT molecular complexity index is 1300. The molecule has 8 nitrogen and oxygen atoms in total. The number of ether oxygens (including phenoxy) is 1. The number of rotatable bonds is 7. The Hall–Kier alpha value is -2.95. The second-order valence-electron chi connectivity index (χ2n) is 8.21. The molecule has 0 radical (unpaired) electrons. The van der Waals surface area contributed by atoms with Crippen molar-refractivity contribution in [2.75, 3.05) is 26.2 Å². The van der Waals surface area contributed by atoms with E-state index in [-0.39, 0.29) is 12.5 Å². The predicted molar refractivity (Wildman–Crippen MR) is 137 cm³/mol. The molecule has 1 aliphatic rings. The summed E-state index contributed by atoms with van der Waals surface area (Å²) in [6.07, 6.45) is 1.95. The van der Waals surface area contributed by atoms with Crippen molar-refractivity contribution in [2.45, 2.75) is 13.2 Å². The fourth-order valence-electron chi connectivity index (χ4n) is 3.87. The number of carbonyl (C=O) groups excluding carboxylic acids is 1. The minimum Gasteiger partial charge on any atom is -0.486 e. The molecular formula is C25H23Br2N5O3. The van der Waals surface area contributed by atoms with Gasteiger partial charge in [0.2, 0.25) is 0 Å². The van der Waals surface area contributed by atoms with E-state index in [0.717, 1.165) is 39.2 Å². The SMILES string of the molecule is O=C(c1ccc(COc2cccc(Br)c2)o1)N1CCN(Cc2cn(-c3ccc(Br)cc3)nn2)CC1. The second kappa shape index (κ2) is 10.8. The molecule has 180 valence electrons. The number of benzene rings is 2. The van der Waals surface area contributed by atoms with Crippen LogP contribution in [-0.4, -0.2) is 56.9 Å². The first kappa shape index (κ1) is 23.8. The number of hydrogen-bond donors (Lipinski definition) is 0. The van der Waals surface area contributed by atoms with Crippen LogP contribution in [0, 0.1) is 0 Å². The monoisotopic (exact) mass is 599 g/mol. The van der Waals surface area contributed by atoms with Crippen molar-refractivity contribution in [3.63, 3.8) is 0 Å². The highest BCUT2D eigenvalue weighted by atomic mass is 79.9. The fourth-order valence-corrected chi connectivity index (χ4v) is 4.51. The summed E-state index contributed by atoms with van der Waals surface area (Å²) in [5, 5.41) is 8.55. The van der Waals surface area contributed by atoms with Crippen LogP contribution in [0.25, 0.3) is 5.69 Å². The standard InChI is InChI=1S/C25H23Br2N5O3/c26-18-4-6-21(7-5-18)32-16-20(28-29-32)15-30-10-12-31(13-11-30)25(33)24-9-8-23(35-24)17-34-22-3-1-2-19(27)14-22/h1-9,14,16H,10-13,15,17H2. The van der Waals surface area contributed by atoms with E-state index in [9.17, 15) is 4.79 Å². The zero-order valence-electron chi connectivity index (χ0n) is 18.8. The summed E-state index contributed by atoms with van der Waals surface area (Å²) < 4.78 is 15.2. The molecule has 1 saturated heterocycles. The summed E-state index contributed by atoms with van der Waals surface area (Å²) >= 11 is 6.87. The van der Waals surface area contributed by atoms with Crippen molar-refractivity contribution in [1.82, 2.24) is 24.8 Å². The van der Waals surface area contributed by atoms with E-state index in [1.807, 2.05) is 59.6 Å². The Morgan fingerprint density at radius 3 is 2.54 bits per heavy atom. The van der Waals surface area contributed by atoms with Crippen molar-refractivity contribution >= 4 is 37.8 Å². The Kier molecular flexibility index (Phi) is 7.31. The van der Waals surface area contributed by atoms with Gasteiger partial charge in [-0.2, -0.15) is 0 Å². The first-order valence-corrected chi connectivity index (χ1v) is 12.8. The van der Waals surface area contributed by atoms with Crippen LogP contribution in [0.2, 0.25) is 0 Å². The number of hydrogen-bond acceptors (Lipinski definition) is 6. The molecule has 5 rings (SSSR count). The highest BCUT2D eigenvalue weighted by molar-refractivity contribution is 9.10. The molecule has 3 heterocycles. The van der Waals surface area contributed by atoms with E-state index in [2.05, 4.69) is 47.1 Å². The molecule has 2 aromatic heterocycles. The van der Waals surface area contributed by atoms with E-state index in [1.54, 1.807) is 16.8 Å². The third kappa shape index (κ3) is 6.01. The lowest BCUT2D eigenvalue weighted by Crippen LogP contribution is -2.48. The maximum absolute atomic E-state index is 12.9. The van der Waals surface area contributed by atoms with Gasteiger partial charge >= 0.3 is 0 Å². The van der Waals surface area contributed by atoms with Crippen molar-refractivity contribution in [2.24, 2.45) is 0 Å². The number of nitrogens with zero attached hydrogens (tertiary/aromatic N) is 5. The third-order valence-electron chi connectivity index (χ3n) is 5.73. The molecule has 1 aliphatic heterocycles. The van der Waals surface area contributed by atoms with Gasteiger partial charge in [-0.1, -0.05) is 43.1 Å². The Morgan fingerprint density at radius 2 is 1.77 bits per heavy atom. The first-order chi connectivity index (χ1) is 17.0. The largest absolute Gasteiger partial charge is 0.486 e. The van der Waals surface area contributed by atoms with Gasteiger partial charge in [0.05, 0.1) is 17.6 Å². The van der Waals surface area contributed by atoms with E-state index in [1.165, 1.54) is 0 Å². The van der Waals surface area contributed by atoms with Crippen LogP contribution in [0.1, 0.15) is 22.0 Å². The number of aromatic nitrogens is 3. The van der Waals surface area contributed by atoms with Gasteiger partial charge in [0.15, 0.2) is 5.76 Å². The summed E-state index contributed by atoms with van der Waals surface area (Å²) in [4.78, 5) is 17.0. The molecule has 1 fully saturated rings. The molecule has 0 N–H and O–H groups in total. The van der Waals surface area contributed by atoms with E-state index < -0.39 is 0 Å². The van der Waals surface area contributed by atoms with Gasteiger partial charge < -0.3 is 14.1 Å². The number of halogens is 2. The normalized spacial score (nSPS) is 14.3. The molecule has 0 atom stereocenters. The van der Waals surface area contributed by atoms with Crippen LogP contribution in [-0.2, 0) is 13.2 Å². The zero-order chi connectivity index (χ0) is 24.2. The summed E-state index contributed by atoms with van der Waals surface area (Å²) in [6.45, 7) is 3.73. The third-order valence-corrected chi connectivity index (χ3v) is 6.75. The molecule has 0 spiro atoms. The Balaban J connectivity index is 1.11. The highest BCUT2D eigenvalue weighted by Gasteiger charge is 2.25. The average Bonchev–Trinajstić information content (AvgIpc) is 3.53. The fraction of sp³-hybridized carbons (Fsp3) is 0.240. The van der Waals surface area contributed by atoms with Gasteiger partial charge in [0.25, 0.3) is 5.91 Å². The lowest BCUT2D eigenvalue weighted by Gasteiger charge is -2.33. The highest BCUT2D eigenvalue weighted by Crippen LogP contribution is 2.20. The smallest absolute Gasteiger partial charge is 0.289 e. The quantitative estimate of drug-likeness (QED) is 0.300. The average molecular weight is 601 g/mol. The van der Waals surface area contributed by atoms with Gasteiger partial charge in [-0.05, 0) is 54.6 Å². The Labute approximate surface area is 219 Å². The zero-order valence-corrected chi connectivity index (χ0v) is 22.0. The molecule has 10 heteroatoms. The van der Waals surface area contributed by atoms with E-state index >= 15 is 0 Å². The van der Waals surface area contributed by atoms with Crippen LogP contribution < -0.4 is 4.74 Å². The number of piperazine rings is 1. The predicted octanol–water partition coefficient (Wildman–Crippen LogP) is 4.92. The van der Waals surface area contributed by atoms with Crippen molar-refractivity contribution in [3.05, 3.63) is 93.0 Å². The van der Waals surface area contributed by atoms with E-state index in [4.69, 9.17) is 9.15 Å². The van der Waals surface area contributed by atoms with Crippen molar-refractivity contribution < 1.29 is 13.9 Å². The van der Waals surface area contributed by atoms with Gasteiger partial charge in [-0.25, -0.2) is 4.68 Å². The summed E-state index contributed by atoms with van der Waals surface area (Å²) in [5.41, 5.74) is 1.86. The topological polar surface area (TPSA) is 76.6 Å². The molecule has 4 aromatic rings. The van der Waals surface area contributed by atoms with Crippen molar-refractivity contribution in [3.8, 4) is 11.4 Å². The van der Waals surface area contributed by atoms with Crippen LogP contribution in [0.15, 0.2) is 80.2 Å². The second-order valence-corrected chi connectivity index (χ2v) is 10.0. The maximum Gasteiger partial charge on any atom is 0.289 e. The van der Waals surface area contributed by atoms with Gasteiger partial charge in [-0.15, -0.1) is 5.10 Å². The molecular weight excluding hydrogens is 578 g/mol. The lowest BCUT2D eigenvalue weighted by molar-refractivity contribution is 0.0592. The lowest BCUT2D eigenvalue weighted by atomic mass is 10.2. The summed E-state index contributed by atoms with van der Waals surface area (Å²) in [5.74, 6) is 1.58. The molecule has 0 aliphatic carbocycles. The van der Waals surface area contributed by atoms with Gasteiger partial charge in [0, 0.05) is 41.7 Å². The van der Waals surface area contributed by atoms with Crippen LogP contribution >= 0.6 is 31.9 Å². The van der Waals surface area contributed by atoms with E-state index in [0.29, 0.717) is 31.2 Å². The van der Waals surface area contributed by atoms with Crippen molar-refractivity contribution in [1.29, 1.82) is 0 Å². The molecule has 35 heavy (non-hydrogen) atoms. The summed E-state index contributed by atoms with van der Waals surface area (Å²) in [7, 11) is 0. The molecule has 0 unspecified atom stereocenters. The minimum atomic E-state index is -0.0976. The summed E-state index contributed by atoms with van der Waals surface area (Å²) in [6, 6.07) is 19.0. The Morgan fingerprint density at radius 1 is 0.971 bits per heavy atom.